The SMILES string of the molecule is CC=CC(=O)N(CCOC)Cc1ccc(OCC)cc1. The Morgan fingerprint density at radius 2 is 2.00 bits per heavy atom. The summed E-state index contributed by atoms with van der Waals surface area (Å²) in [5.74, 6) is 0.845. The zero-order chi connectivity index (χ0) is 14.8. The van der Waals surface area contributed by atoms with Crippen LogP contribution in [0, 0.1) is 0 Å². The maximum absolute atomic E-state index is 12.0. The van der Waals surface area contributed by atoms with Crippen molar-refractivity contribution in [3.63, 3.8) is 0 Å². The lowest BCUT2D eigenvalue weighted by Crippen LogP contribution is -2.32. The van der Waals surface area contributed by atoms with Crippen LogP contribution >= 0.6 is 0 Å². The second-order valence-electron chi connectivity index (χ2n) is 4.33. The Bertz CT molecular complexity index is 426. The second-order valence-corrected chi connectivity index (χ2v) is 4.33. The molecule has 1 aromatic carbocycles. The highest BCUT2D eigenvalue weighted by molar-refractivity contribution is 5.87. The molecule has 0 aromatic heterocycles. The number of amides is 1. The van der Waals surface area contributed by atoms with Crippen LogP contribution in [-0.4, -0.2) is 37.7 Å². The monoisotopic (exact) mass is 277 g/mol. The highest BCUT2D eigenvalue weighted by atomic mass is 16.5. The van der Waals surface area contributed by atoms with Crippen molar-refractivity contribution in [1.82, 2.24) is 4.90 Å². The van der Waals surface area contributed by atoms with Gasteiger partial charge in [0, 0.05) is 20.2 Å². The van der Waals surface area contributed by atoms with Crippen LogP contribution in [0.4, 0.5) is 0 Å². The standard InChI is InChI=1S/C16H23NO3/c1-4-6-16(18)17(11-12-19-3)13-14-7-9-15(10-8-14)20-5-2/h4,6-10H,5,11-13H2,1-3H3. The summed E-state index contributed by atoms with van der Waals surface area (Å²) >= 11 is 0. The summed E-state index contributed by atoms with van der Waals surface area (Å²) in [6.07, 6.45) is 3.32. The summed E-state index contributed by atoms with van der Waals surface area (Å²) in [6.45, 7) is 6.12. The van der Waals surface area contributed by atoms with Gasteiger partial charge >= 0.3 is 0 Å². The van der Waals surface area contributed by atoms with Crippen molar-refractivity contribution in [1.29, 1.82) is 0 Å². The first kappa shape index (κ1) is 16.2. The fraction of sp³-hybridized carbons (Fsp3) is 0.438. The van der Waals surface area contributed by atoms with Gasteiger partial charge in [-0.15, -0.1) is 0 Å². The first-order valence-electron chi connectivity index (χ1n) is 6.83. The highest BCUT2D eigenvalue weighted by Gasteiger charge is 2.10. The molecule has 0 aliphatic rings. The fourth-order valence-electron chi connectivity index (χ4n) is 1.79. The molecule has 0 atom stereocenters. The second kappa shape index (κ2) is 9.15. The Morgan fingerprint density at radius 1 is 1.30 bits per heavy atom. The van der Waals surface area contributed by atoms with Crippen molar-refractivity contribution < 1.29 is 14.3 Å². The number of benzene rings is 1. The molecule has 4 nitrogen and oxygen atoms in total. The molecule has 0 aliphatic heterocycles. The minimum absolute atomic E-state index is 0.00145. The Hall–Kier alpha value is -1.81. The van der Waals surface area contributed by atoms with E-state index in [1.54, 1.807) is 24.2 Å². The number of carbonyl (C=O) groups is 1. The third kappa shape index (κ3) is 5.45. The van der Waals surface area contributed by atoms with E-state index in [2.05, 4.69) is 0 Å². The Balaban J connectivity index is 2.70. The number of hydrogen-bond donors (Lipinski definition) is 0. The van der Waals surface area contributed by atoms with Gasteiger partial charge in [0.15, 0.2) is 0 Å². The van der Waals surface area contributed by atoms with Gasteiger partial charge in [0.1, 0.15) is 5.75 Å². The molecule has 0 heterocycles. The Morgan fingerprint density at radius 3 is 2.55 bits per heavy atom. The molecule has 0 fully saturated rings. The van der Waals surface area contributed by atoms with E-state index in [0.29, 0.717) is 26.3 Å². The molecule has 0 saturated carbocycles. The lowest BCUT2D eigenvalue weighted by Gasteiger charge is -2.21. The van der Waals surface area contributed by atoms with Gasteiger partial charge in [0.2, 0.25) is 5.91 Å². The van der Waals surface area contributed by atoms with Crippen LogP contribution in [0.3, 0.4) is 0 Å². The maximum atomic E-state index is 12.0. The van der Waals surface area contributed by atoms with Gasteiger partial charge in [-0.3, -0.25) is 4.79 Å². The number of hydrogen-bond acceptors (Lipinski definition) is 3. The zero-order valence-corrected chi connectivity index (χ0v) is 12.5. The molecule has 20 heavy (non-hydrogen) atoms. The van der Waals surface area contributed by atoms with E-state index in [-0.39, 0.29) is 5.91 Å². The Labute approximate surface area is 121 Å². The number of carbonyl (C=O) groups excluding carboxylic acids is 1. The number of nitrogens with zero attached hydrogens (tertiary/aromatic N) is 1. The van der Waals surface area contributed by atoms with Crippen molar-refractivity contribution in [3.05, 3.63) is 42.0 Å². The number of allylic oxidation sites excluding steroid dienone is 1. The maximum Gasteiger partial charge on any atom is 0.246 e. The van der Waals surface area contributed by atoms with Crippen molar-refractivity contribution in [2.24, 2.45) is 0 Å². The first-order valence-corrected chi connectivity index (χ1v) is 6.83. The van der Waals surface area contributed by atoms with E-state index in [1.807, 2.05) is 38.1 Å². The minimum atomic E-state index is -0.00145. The van der Waals surface area contributed by atoms with Crippen molar-refractivity contribution in [2.75, 3.05) is 26.9 Å². The molecule has 0 N–H and O–H groups in total. The predicted octanol–water partition coefficient (Wildman–Crippen LogP) is 2.64. The molecule has 4 heteroatoms. The third-order valence-corrected chi connectivity index (χ3v) is 2.79. The molecule has 0 aliphatic carbocycles. The van der Waals surface area contributed by atoms with Gasteiger partial charge < -0.3 is 14.4 Å². The van der Waals surface area contributed by atoms with Crippen LogP contribution < -0.4 is 4.74 Å². The topological polar surface area (TPSA) is 38.8 Å². The van der Waals surface area contributed by atoms with Gasteiger partial charge in [-0.2, -0.15) is 0 Å². The molecule has 110 valence electrons. The zero-order valence-electron chi connectivity index (χ0n) is 12.5. The van der Waals surface area contributed by atoms with E-state index < -0.39 is 0 Å². The summed E-state index contributed by atoms with van der Waals surface area (Å²) in [5, 5.41) is 0. The normalized spacial score (nSPS) is 10.8. The molecule has 0 bridgehead atoms. The molecule has 0 unspecified atom stereocenters. The van der Waals surface area contributed by atoms with Gasteiger partial charge in [0.05, 0.1) is 13.2 Å². The quantitative estimate of drug-likeness (QED) is 0.686. The van der Waals surface area contributed by atoms with Crippen LogP contribution in [0.15, 0.2) is 36.4 Å². The van der Waals surface area contributed by atoms with E-state index in [9.17, 15) is 4.79 Å². The van der Waals surface area contributed by atoms with Gasteiger partial charge in [-0.05, 0) is 37.6 Å². The highest BCUT2D eigenvalue weighted by Crippen LogP contribution is 2.14. The summed E-state index contributed by atoms with van der Waals surface area (Å²) in [5.41, 5.74) is 1.07. The summed E-state index contributed by atoms with van der Waals surface area (Å²) < 4.78 is 10.5. The first-order chi connectivity index (χ1) is 9.71. The van der Waals surface area contributed by atoms with Crippen LogP contribution in [0.1, 0.15) is 19.4 Å². The molecule has 0 radical (unpaired) electrons. The molecular formula is C16H23NO3. The molecule has 0 spiro atoms. The van der Waals surface area contributed by atoms with Crippen molar-refractivity contribution in [2.45, 2.75) is 20.4 Å². The number of ether oxygens (including phenoxy) is 2. The summed E-state index contributed by atoms with van der Waals surface area (Å²) in [7, 11) is 1.63. The van der Waals surface area contributed by atoms with E-state index in [4.69, 9.17) is 9.47 Å². The largest absolute Gasteiger partial charge is 0.494 e. The number of rotatable bonds is 8. The van der Waals surface area contributed by atoms with E-state index in [1.165, 1.54) is 0 Å². The lowest BCUT2D eigenvalue weighted by atomic mass is 10.2. The molecule has 1 rings (SSSR count). The smallest absolute Gasteiger partial charge is 0.246 e. The van der Waals surface area contributed by atoms with Crippen LogP contribution in [-0.2, 0) is 16.1 Å². The predicted molar refractivity (Wildman–Crippen MR) is 79.7 cm³/mol. The van der Waals surface area contributed by atoms with Crippen molar-refractivity contribution in [3.8, 4) is 5.75 Å². The van der Waals surface area contributed by atoms with Crippen LogP contribution in [0.5, 0.6) is 5.75 Å². The third-order valence-electron chi connectivity index (χ3n) is 2.79. The lowest BCUT2D eigenvalue weighted by molar-refractivity contribution is -0.127. The van der Waals surface area contributed by atoms with Crippen LogP contribution in [0.2, 0.25) is 0 Å². The fourth-order valence-corrected chi connectivity index (χ4v) is 1.79. The molecule has 0 saturated heterocycles. The minimum Gasteiger partial charge on any atom is -0.494 e. The molecule has 1 aromatic rings. The van der Waals surface area contributed by atoms with E-state index in [0.717, 1.165) is 11.3 Å². The molecule has 1 amide bonds. The summed E-state index contributed by atoms with van der Waals surface area (Å²) in [6, 6.07) is 7.81. The number of methoxy groups -OCH3 is 1. The van der Waals surface area contributed by atoms with Crippen LogP contribution in [0.25, 0.3) is 0 Å². The summed E-state index contributed by atoms with van der Waals surface area (Å²) in [4.78, 5) is 13.7. The van der Waals surface area contributed by atoms with Gasteiger partial charge in [-0.25, -0.2) is 0 Å². The van der Waals surface area contributed by atoms with Gasteiger partial charge in [-0.1, -0.05) is 18.2 Å². The van der Waals surface area contributed by atoms with Gasteiger partial charge in [0.25, 0.3) is 0 Å². The Kier molecular flexibility index (Phi) is 7.43. The average Bonchev–Trinajstić information content (AvgIpc) is 2.45. The average molecular weight is 277 g/mol. The van der Waals surface area contributed by atoms with Crippen molar-refractivity contribution >= 4 is 5.91 Å². The molecular weight excluding hydrogens is 254 g/mol. The van der Waals surface area contributed by atoms with E-state index >= 15 is 0 Å².